The summed E-state index contributed by atoms with van der Waals surface area (Å²) in [6.07, 6.45) is 0. The summed E-state index contributed by atoms with van der Waals surface area (Å²) in [6, 6.07) is 13.0. The molecule has 4 rings (SSSR count). The van der Waals surface area contributed by atoms with Gasteiger partial charge in [-0.3, -0.25) is 9.69 Å². The van der Waals surface area contributed by atoms with Crippen LogP contribution in [0.5, 0.6) is 0 Å². The molecule has 1 aliphatic heterocycles. The van der Waals surface area contributed by atoms with Crippen LogP contribution < -0.4 is 5.32 Å². The van der Waals surface area contributed by atoms with Crippen LogP contribution in [-0.4, -0.2) is 29.4 Å². The number of ether oxygens (including phenoxy) is 1. The minimum atomic E-state index is -1.06. The van der Waals surface area contributed by atoms with Gasteiger partial charge in [0.1, 0.15) is 12.4 Å². The lowest BCUT2D eigenvalue weighted by molar-refractivity contribution is -0.125. The molecule has 168 valence electrons. The average molecular weight is 454 g/mol. The third kappa shape index (κ3) is 4.72. The van der Waals surface area contributed by atoms with Crippen LogP contribution in [0.1, 0.15) is 21.5 Å². The number of rotatable bonds is 6. The van der Waals surface area contributed by atoms with E-state index in [-0.39, 0.29) is 41.3 Å². The first-order chi connectivity index (χ1) is 15.8. The first kappa shape index (κ1) is 22.1. The Balaban J connectivity index is 1.47. The Bertz CT molecular complexity index is 1250. The summed E-state index contributed by atoms with van der Waals surface area (Å²) in [5, 5.41) is 2.41. The quantitative estimate of drug-likeness (QED) is 0.448. The highest BCUT2D eigenvalue weighted by atomic mass is 19.2. The van der Waals surface area contributed by atoms with Crippen molar-refractivity contribution in [2.45, 2.75) is 13.2 Å². The van der Waals surface area contributed by atoms with Crippen LogP contribution >= 0.6 is 0 Å². The van der Waals surface area contributed by atoms with Crippen molar-refractivity contribution >= 4 is 17.9 Å². The lowest BCUT2D eigenvalue weighted by Gasteiger charge is -2.13. The second kappa shape index (κ2) is 9.15. The number of imide groups is 1. The van der Waals surface area contributed by atoms with Gasteiger partial charge < -0.3 is 10.1 Å². The van der Waals surface area contributed by atoms with Crippen LogP contribution in [0.4, 0.5) is 18.0 Å². The Morgan fingerprint density at radius 3 is 2.52 bits per heavy atom. The Kier molecular flexibility index (Phi) is 6.12. The molecule has 0 spiro atoms. The summed E-state index contributed by atoms with van der Waals surface area (Å²) in [7, 11) is 0. The maximum atomic E-state index is 14.2. The maximum absolute atomic E-state index is 14.2. The molecule has 33 heavy (non-hydrogen) atoms. The van der Waals surface area contributed by atoms with Crippen molar-refractivity contribution in [3.8, 4) is 11.1 Å². The number of hydrogen-bond donors (Lipinski definition) is 1. The fourth-order valence-electron chi connectivity index (χ4n) is 3.40. The van der Waals surface area contributed by atoms with Crippen molar-refractivity contribution in [3.63, 3.8) is 0 Å². The fourth-order valence-corrected chi connectivity index (χ4v) is 3.40. The van der Waals surface area contributed by atoms with Crippen molar-refractivity contribution in [1.29, 1.82) is 0 Å². The normalized spacial score (nSPS) is 13.2. The molecular formula is C24H17F3N2O4. The number of esters is 1. The van der Waals surface area contributed by atoms with Crippen molar-refractivity contribution in [1.82, 2.24) is 10.2 Å². The number of urea groups is 1. The average Bonchev–Trinajstić information content (AvgIpc) is 3.12. The van der Waals surface area contributed by atoms with Gasteiger partial charge >= 0.3 is 12.0 Å². The van der Waals surface area contributed by atoms with E-state index in [1.54, 1.807) is 12.1 Å². The highest BCUT2D eigenvalue weighted by Crippen LogP contribution is 2.26. The molecule has 0 bridgehead atoms. The number of carbonyl (C=O) groups excluding carboxylic acids is 3. The van der Waals surface area contributed by atoms with Gasteiger partial charge in [-0.2, -0.15) is 0 Å². The number of amides is 3. The molecule has 0 unspecified atom stereocenters. The number of halogens is 3. The molecule has 1 N–H and O–H groups in total. The molecule has 1 heterocycles. The van der Waals surface area contributed by atoms with Crippen molar-refractivity contribution in [2.75, 3.05) is 6.54 Å². The standard InChI is InChI=1S/C24H17F3N2O4/c25-19-8-7-15(18-5-2-6-20(26)22(18)27)10-17(19)13-33-23(31)16-4-1-3-14(9-16)12-29-21(30)11-28-24(29)32/h1-10H,11-13H2,(H,28,32). The van der Waals surface area contributed by atoms with Gasteiger partial charge in [-0.1, -0.05) is 30.3 Å². The largest absolute Gasteiger partial charge is 0.457 e. The Labute approximate surface area is 186 Å². The number of benzene rings is 3. The van der Waals surface area contributed by atoms with Gasteiger partial charge in [-0.15, -0.1) is 0 Å². The molecule has 0 aliphatic carbocycles. The third-order valence-electron chi connectivity index (χ3n) is 5.11. The maximum Gasteiger partial charge on any atom is 0.338 e. The molecule has 0 aromatic heterocycles. The summed E-state index contributed by atoms with van der Waals surface area (Å²) in [4.78, 5) is 36.9. The minimum Gasteiger partial charge on any atom is -0.457 e. The van der Waals surface area contributed by atoms with Crippen molar-refractivity contribution in [3.05, 3.63) is 94.8 Å². The third-order valence-corrected chi connectivity index (χ3v) is 5.11. The molecule has 1 aliphatic rings. The molecule has 6 nitrogen and oxygen atoms in total. The molecule has 9 heteroatoms. The van der Waals surface area contributed by atoms with Crippen LogP contribution in [-0.2, 0) is 22.7 Å². The molecular weight excluding hydrogens is 437 g/mol. The van der Waals surface area contributed by atoms with Crippen LogP contribution in [0.2, 0.25) is 0 Å². The minimum absolute atomic E-state index is 0.0122. The predicted octanol–water partition coefficient (Wildman–Crippen LogP) is 4.18. The van der Waals surface area contributed by atoms with Gasteiger partial charge in [0.25, 0.3) is 0 Å². The van der Waals surface area contributed by atoms with E-state index in [0.29, 0.717) is 5.56 Å². The summed E-state index contributed by atoms with van der Waals surface area (Å²) in [5.41, 5.74) is 0.850. The zero-order chi connectivity index (χ0) is 23.5. The van der Waals surface area contributed by atoms with E-state index in [0.717, 1.165) is 17.0 Å². The first-order valence-electron chi connectivity index (χ1n) is 9.90. The Hall–Kier alpha value is -4.14. The fraction of sp³-hybridized carbons (Fsp3) is 0.125. The molecule has 1 saturated heterocycles. The molecule has 3 amide bonds. The number of hydrogen-bond acceptors (Lipinski definition) is 4. The van der Waals surface area contributed by atoms with Crippen LogP contribution in [0.15, 0.2) is 60.7 Å². The highest BCUT2D eigenvalue weighted by molar-refractivity contribution is 6.01. The van der Waals surface area contributed by atoms with Gasteiger partial charge in [0, 0.05) is 11.1 Å². The lowest BCUT2D eigenvalue weighted by Crippen LogP contribution is -2.30. The Morgan fingerprint density at radius 2 is 1.76 bits per heavy atom. The van der Waals surface area contributed by atoms with E-state index in [1.807, 2.05) is 0 Å². The monoisotopic (exact) mass is 454 g/mol. The van der Waals surface area contributed by atoms with E-state index in [2.05, 4.69) is 5.32 Å². The number of nitrogens with one attached hydrogen (secondary N) is 1. The first-order valence-corrected chi connectivity index (χ1v) is 9.90. The molecule has 1 fully saturated rings. The number of carbonyl (C=O) groups is 3. The predicted molar refractivity (Wildman–Crippen MR) is 111 cm³/mol. The van der Waals surface area contributed by atoms with E-state index in [1.165, 1.54) is 36.4 Å². The Morgan fingerprint density at radius 1 is 0.970 bits per heavy atom. The number of nitrogens with zero attached hydrogens (tertiary/aromatic N) is 1. The SMILES string of the molecule is O=C(OCc1cc(-c2cccc(F)c2F)ccc1F)c1cccc(CN2C(=O)CNC2=O)c1. The summed E-state index contributed by atoms with van der Waals surface area (Å²) >= 11 is 0. The highest BCUT2D eigenvalue weighted by Gasteiger charge is 2.28. The summed E-state index contributed by atoms with van der Waals surface area (Å²) in [6.45, 7) is -0.529. The van der Waals surface area contributed by atoms with Crippen molar-refractivity contribution in [2.24, 2.45) is 0 Å². The lowest BCUT2D eigenvalue weighted by atomic mass is 10.0. The van der Waals surface area contributed by atoms with Gasteiger partial charge in [0.15, 0.2) is 11.6 Å². The van der Waals surface area contributed by atoms with Gasteiger partial charge in [0.05, 0.1) is 18.7 Å². The molecule has 0 atom stereocenters. The molecule has 0 saturated carbocycles. The van der Waals surface area contributed by atoms with Crippen LogP contribution in [0.3, 0.4) is 0 Å². The molecule has 0 radical (unpaired) electrons. The van der Waals surface area contributed by atoms with E-state index >= 15 is 0 Å². The van der Waals surface area contributed by atoms with E-state index in [4.69, 9.17) is 4.74 Å². The van der Waals surface area contributed by atoms with Crippen LogP contribution in [0.25, 0.3) is 11.1 Å². The zero-order valence-electron chi connectivity index (χ0n) is 17.1. The summed E-state index contributed by atoms with van der Waals surface area (Å²) < 4.78 is 47.1. The van der Waals surface area contributed by atoms with Gasteiger partial charge in [-0.05, 0) is 41.5 Å². The molecule has 3 aromatic carbocycles. The smallest absolute Gasteiger partial charge is 0.338 e. The second-order valence-electron chi connectivity index (χ2n) is 7.32. The second-order valence-corrected chi connectivity index (χ2v) is 7.32. The van der Waals surface area contributed by atoms with E-state index < -0.39 is 36.1 Å². The molecule has 3 aromatic rings. The zero-order valence-corrected chi connectivity index (χ0v) is 17.1. The van der Waals surface area contributed by atoms with E-state index in [9.17, 15) is 27.6 Å². The van der Waals surface area contributed by atoms with Crippen molar-refractivity contribution < 1.29 is 32.3 Å². The summed E-state index contributed by atoms with van der Waals surface area (Å²) in [5.74, 6) is -3.89. The van der Waals surface area contributed by atoms with Crippen LogP contribution in [0, 0.1) is 17.5 Å². The van der Waals surface area contributed by atoms with Gasteiger partial charge in [0.2, 0.25) is 5.91 Å². The van der Waals surface area contributed by atoms with Gasteiger partial charge in [-0.25, -0.2) is 22.8 Å². The topological polar surface area (TPSA) is 75.7 Å².